The van der Waals surface area contributed by atoms with Gasteiger partial charge >= 0.3 is 0 Å². The Labute approximate surface area is 79.6 Å². The van der Waals surface area contributed by atoms with Crippen molar-refractivity contribution in [3.63, 3.8) is 0 Å². The summed E-state index contributed by atoms with van der Waals surface area (Å²) in [6.45, 7) is 2.26. The van der Waals surface area contributed by atoms with E-state index in [0.29, 0.717) is 5.92 Å². The minimum absolute atomic E-state index is 0.681. The molecule has 0 heterocycles. The molecule has 0 fully saturated rings. The molecule has 2 rings (SSSR count). The molecule has 1 aromatic rings. The first-order valence-corrected chi connectivity index (χ1v) is 4.79. The standard InChI is InChI=1S/C13H14/c1-11-6-5-9-13(10-11)12-7-3-2-4-8-12/h2-9,11H,10H2,1H3. The second kappa shape index (κ2) is 3.61. The van der Waals surface area contributed by atoms with Crippen LogP contribution in [0, 0.1) is 5.92 Å². The van der Waals surface area contributed by atoms with Gasteiger partial charge in [0.05, 0.1) is 0 Å². The highest BCUT2D eigenvalue weighted by atomic mass is 14.1. The van der Waals surface area contributed by atoms with Crippen molar-refractivity contribution in [1.29, 1.82) is 0 Å². The molecule has 1 aliphatic rings. The Morgan fingerprint density at radius 3 is 2.62 bits per heavy atom. The quantitative estimate of drug-likeness (QED) is 0.603. The molecule has 0 aliphatic heterocycles. The molecule has 0 saturated heterocycles. The molecule has 0 spiro atoms. The molecule has 0 aromatic heterocycles. The topological polar surface area (TPSA) is 0 Å². The number of benzene rings is 1. The molecular formula is C13H14. The maximum Gasteiger partial charge on any atom is -0.0212 e. The maximum absolute atomic E-state index is 2.26. The molecule has 1 unspecified atom stereocenters. The van der Waals surface area contributed by atoms with Crippen LogP contribution < -0.4 is 0 Å². The average Bonchev–Trinajstić information content (AvgIpc) is 2.19. The summed E-state index contributed by atoms with van der Waals surface area (Å²) in [4.78, 5) is 0. The van der Waals surface area contributed by atoms with Gasteiger partial charge in [-0.05, 0) is 23.5 Å². The number of allylic oxidation sites excluding steroid dienone is 4. The first kappa shape index (κ1) is 8.31. The number of rotatable bonds is 1. The summed E-state index contributed by atoms with van der Waals surface area (Å²) in [6, 6.07) is 10.6. The fourth-order valence-corrected chi connectivity index (χ4v) is 1.71. The monoisotopic (exact) mass is 170 g/mol. The van der Waals surface area contributed by atoms with Crippen LogP contribution in [0.3, 0.4) is 0 Å². The summed E-state index contributed by atoms with van der Waals surface area (Å²) in [5, 5.41) is 0. The molecule has 1 atom stereocenters. The zero-order chi connectivity index (χ0) is 9.10. The lowest BCUT2D eigenvalue weighted by molar-refractivity contribution is 0.749. The van der Waals surface area contributed by atoms with Gasteiger partial charge in [0.1, 0.15) is 0 Å². The van der Waals surface area contributed by atoms with Crippen molar-refractivity contribution in [3.05, 3.63) is 54.1 Å². The summed E-state index contributed by atoms with van der Waals surface area (Å²) in [6.07, 6.45) is 7.80. The van der Waals surface area contributed by atoms with Gasteiger partial charge in [0.25, 0.3) is 0 Å². The lowest BCUT2D eigenvalue weighted by Gasteiger charge is -2.14. The van der Waals surface area contributed by atoms with E-state index in [1.54, 1.807) is 0 Å². The smallest absolute Gasteiger partial charge is 0.0212 e. The third-order valence-corrected chi connectivity index (χ3v) is 2.42. The molecule has 1 aromatic carbocycles. The molecule has 0 nitrogen and oxygen atoms in total. The molecule has 0 N–H and O–H groups in total. The summed E-state index contributed by atoms with van der Waals surface area (Å²) in [7, 11) is 0. The fourth-order valence-electron chi connectivity index (χ4n) is 1.71. The van der Waals surface area contributed by atoms with Crippen LogP contribution in [0.1, 0.15) is 18.9 Å². The van der Waals surface area contributed by atoms with Crippen LogP contribution in [-0.2, 0) is 0 Å². The highest BCUT2D eigenvalue weighted by molar-refractivity contribution is 5.68. The summed E-state index contributed by atoms with van der Waals surface area (Å²) in [5.74, 6) is 0.681. The van der Waals surface area contributed by atoms with Gasteiger partial charge in [-0.1, -0.05) is 55.5 Å². The van der Waals surface area contributed by atoms with Crippen LogP contribution in [0.5, 0.6) is 0 Å². The van der Waals surface area contributed by atoms with Gasteiger partial charge in [-0.25, -0.2) is 0 Å². The Hall–Kier alpha value is -1.30. The molecular weight excluding hydrogens is 156 g/mol. The van der Waals surface area contributed by atoms with E-state index in [2.05, 4.69) is 55.5 Å². The third kappa shape index (κ3) is 1.89. The summed E-state index contributed by atoms with van der Waals surface area (Å²) >= 11 is 0. The highest BCUT2D eigenvalue weighted by Gasteiger charge is 2.07. The van der Waals surface area contributed by atoms with E-state index in [1.165, 1.54) is 17.6 Å². The van der Waals surface area contributed by atoms with Gasteiger partial charge in [-0.15, -0.1) is 0 Å². The van der Waals surface area contributed by atoms with Gasteiger partial charge in [0.2, 0.25) is 0 Å². The van der Waals surface area contributed by atoms with Gasteiger partial charge < -0.3 is 0 Å². The van der Waals surface area contributed by atoms with Crippen molar-refractivity contribution in [2.45, 2.75) is 13.3 Å². The van der Waals surface area contributed by atoms with Crippen LogP contribution in [0.4, 0.5) is 0 Å². The van der Waals surface area contributed by atoms with Gasteiger partial charge in [0.15, 0.2) is 0 Å². The van der Waals surface area contributed by atoms with E-state index < -0.39 is 0 Å². The zero-order valence-corrected chi connectivity index (χ0v) is 7.90. The van der Waals surface area contributed by atoms with Crippen LogP contribution in [0.2, 0.25) is 0 Å². The number of hydrogen-bond donors (Lipinski definition) is 0. The largest absolute Gasteiger partial charge is 0.0814 e. The second-order valence-corrected chi connectivity index (χ2v) is 3.62. The predicted octanol–water partition coefficient (Wildman–Crippen LogP) is 3.67. The molecule has 0 heteroatoms. The van der Waals surface area contributed by atoms with Crippen LogP contribution in [0.15, 0.2) is 48.6 Å². The molecule has 1 aliphatic carbocycles. The van der Waals surface area contributed by atoms with Crippen molar-refractivity contribution >= 4 is 5.57 Å². The van der Waals surface area contributed by atoms with E-state index in [-0.39, 0.29) is 0 Å². The minimum Gasteiger partial charge on any atom is -0.0814 e. The fraction of sp³-hybridized carbons (Fsp3) is 0.231. The normalized spacial score (nSPS) is 21.3. The Balaban J connectivity index is 2.28. The SMILES string of the molecule is CC1C=CC=C(c2ccccc2)C1. The van der Waals surface area contributed by atoms with E-state index in [4.69, 9.17) is 0 Å². The van der Waals surface area contributed by atoms with Crippen molar-refractivity contribution in [2.75, 3.05) is 0 Å². The molecule has 0 bridgehead atoms. The molecule has 66 valence electrons. The Bertz CT molecular complexity index is 330. The first-order valence-electron chi connectivity index (χ1n) is 4.79. The van der Waals surface area contributed by atoms with Crippen LogP contribution in [0.25, 0.3) is 5.57 Å². The number of hydrogen-bond acceptors (Lipinski definition) is 0. The Kier molecular flexibility index (Phi) is 2.31. The van der Waals surface area contributed by atoms with Crippen LogP contribution >= 0.6 is 0 Å². The van der Waals surface area contributed by atoms with Gasteiger partial charge in [-0.3, -0.25) is 0 Å². The molecule has 13 heavy (non-hydrogen) atoms. The maximum atomic E-state index is 2.26. The Morgan fingerprint density at radius 1 is 1.15 bits per heavy atom. The predicted molar refractivity (Wildman–Crippen MR) is 57.3 cm³/mol. The summed E-state index contributed by atoms with van der Waals surface area (Å²) in [5.41, 5.74) is 2.81. The van der Waals surface area contributed by atoms with E-state index >= 15 is 0 Å². The van der Waals surface area contributed by atoms with E-state index in [1.807, 2.05) is 0 Å². The van der Waals surface area contributed by atoms with Crippen molar-refractivity contribution in [3.8, 4) is 0 Å². The van der Waals surface area contributed by atoms with Crippen molar-refractivity contribution in [2.24, 2.45) is 5.92 Å². The summed E-state index contributed by atoms with van der Waals surface area (Å²) < 4.78 is 0. The molecule has 0 saturated carbocycles. The van der Waals surface area contributed by atoms with Crippen molar-refractivity contribution in [1.82, 2.24) is 0 Å². The van der Waals surface area contributed by atoms with Crippen molar-refractivity contribution < 1.29 is 0 Å². The molecule has 0 amide bonds. The van der Waals surface area contributed by atoms with E-state index in [9.17, 15) is 0 Å². The highest BCUT2D eigenvalue weighted by Crippen LogP contribution is 2.26. The lowest BCUT2D eigenvalue weighted by atomic mass is 9.91. The Morgan fingerprint density at radius 2 is 1.92 bits per heavy atom. The zero-order valence-electron chi connectivity index (χ0n) is 7.90. The minimum atomic E-state index is 0.681. The average molecular weight is 170 g/mol. The van der Waals surface area contributed by atoms with Crippen LogP contribution in [-0.4, -0.2) is 0 Å². The second-order valence-electron chi connectivity index (χ2n) is 3.62. The lowest BCUT2D eigenvalue weighted by Crippen LogP contribution is -1.96. The first-order chi connectivity index (χ1) is 6.36. The van der Waals surface area contributed by atoms with Gasteiger partial charge in [-0.2, -0.15) is 0 Å². The van der Waals surface area contributed by atoms with Gasteiger partial charge in [0, 0.05) is 0 Å². The molecule has 0 radical (unpaired) electrons. The third-order valence-electron chi connectivity index (χ3n) is 2.42. The van der Waals surface area contributed by atoms with E-state index in [0.717, 1.165) is 0 Å².